The first-order valence-electron chi connectivity index (χ1n) is 20.8. The van der Waals surface area contributed by atoms with Gasteiger partial charge in [-0.05, 0) is 56.9 Å². The topological polar surface area (TPSA) is 125 Å². The predicted octanol–water partition coefficient (Wildman–Crippen LogP) is 7.30. The van der Waals surface area contributed by atoms with E-state index >= 15 is 0 Å². The van der Waals surface area contributed by atoms with Gasteiger partial charge in [-0.1, -0.05) is 110 Å². The summed E-state index contributed by atoms with van der Waals surface area (Å²) < 4.78 is 38.8. The summed E-state index contributed by atoms with van der Waals surface area (Å²) in [5, 5.41) is 25.4. The van der Waals surface area contributed by atoms with Crippen molar-refractivity contribution in [3.05, 3.63) is 35.9 Å². The van der Waals surface area contributed by atoms with Crippen LogP contribution in [0.3, 0.4) is 0 Å². The minimum Gasteiger partial charge on any atom is -0.390 e. The Morgan fingerprint density at radius 3 is 1.94 bits per heavy atom. The summed E-state index contributed by atoms with van der Waals surface area (Å²) in [6.07, 6.45) is 8.47. The van der Waals surface area contributed by atoms with Crippen molar-refractivity contribution in [2.75, 3.05) is 39.6 Å². The van der Waals surface area contributed by atoms with Crippen LogP contribution in [0.1, 0.15) is 136 Å². The highest BCUT2D eigenvalue weighted by Gasteiger charge is 2.49. The van der Waals surface area contributed by atoms with Crippen molar-refractivity contribution in [1.82, 2.24) is 5.32 Å². The van der Waals surface area contributed by atoms with E-state index in [4.69, 9.17) is 28.4 Å². The Hall–Kier alpha value is -1.63. The van der Waals surface area contributed by atoms with E-state index in [1.807, 2.05) is 18.2 Å². The third-order valence-corrected chi connectivity index (χ3v) is 9.60. The van der Waals surface area contributed by atoms with Gasteiger partial charge in [0.15, 0.2) is 6.29 Å². The number of carbonyl (C=O) groups excluding carboxylic acids is 1. The van der Waals surface area contributed by atoms with Gasteiger partial charge in [-0.3, -0.25) is 4.79 Å². The first-order chi connectivity index (χ1) is 25.4. The fourth-order valence-corrected chi connectivity index (χ4v) is 6.26. The maximum Gasteiger partial charge on any atom is 0.220 e. The van der Waals surface area contributed by atoms with E-state index in [1.54, 1.807) is 0 Å². The molecular formula is C42H75NO9. The van der Waals surface area contributed by atoms with Crippen LogP contribution < -0.4 is 5.32 Å². The summed E-state index contributed by atoms with van der Waals surface area (Å²) in [5.74, 6) is -0.186. The van der Waals surface area contributed by atoms with Crippen molar-refractivity contribution in [3.63, 3.8) is 0 Å². The number of amides is 1. The molecule has 3 N–H and O–H groups in total. The van der Waals surface area contributed by atoms with Crippen molar-refractivity contribution in [3.8, 4) is 0 Å². The fourth-order valence-electron chi connectivity index (χ4n) is 6.26. The molecule has 2 rings (SSSR count). The van der Waals surface area contributed by atoms with Crippen molar-refractivity contribution < 1.29 is 43.4 Å². The molecule has 0 saturated carbocycles. The van der Waals surface area contributed by atoms with Gasteiger partial charge in [0.2, 0.25) is 5.91 Å². The molecule has 10 heteroatoms. The van der Waals surface area contributed by atoms with Gasteiger partial charge in [0.1, 0.15) is 30.5 Å². The van der Waals surface area contributed by atoms with Crippen LogP contribution in [0, 0.1) is 0 Å². The number of aryl methyl sites for hydroxylation is 1. The molecule has 52 heavy (non-hydrogen) atoms. The second-order valence-electron chi connectivity index (χ2n) is 14.3. The number of ether oxygens (including phenoxy) is 6. The van der Waals surface area contributed by atoms with Crippen LogP contribution in [0.5, 0.6) is 0 Å². The molecule has 1 fully saturated rings. The predicted molar refractivity (Wildman–Crippen MR) is 206 cm³/mol. The van der Waals surface area contributed by atoms with Crippen LogP contribution in [0.4, 0.5) is 0 Å². The van der Waals surface area contributed by atoms with Gasteiger partial charge in [0.05, 0.1) is 25.4 Å². The number of carbonyl (C=O) groups is 1. The van der Waals surface area contributed by atoms with E-state index in [9.17, 15) is 15.0 Å². The highest BCUT2D eigenvalue weighted by atomic mass is 16.7. The Bertz CT molecular complexity index is 985. The number of nitrogens with one attached hydrogen (secondary N) is 1. The molecule has 1 aliphatic rings. The SMILES string of the molecule is CCCCC[C@@H](O)[C@@H](O)[C@H](COC1OC(COCCCC)C(OCCCC)C(OCCCC)C1OCCCC)NC(=O)CCCCc1ccccc1. The first-order valence-corrected chi connectivity index (χ1v) is 20.8. The average Bonchev–Trinajstić information content (AvgIpc) is 3.15. The zero-order chi connectivity index (χ0) is 37.8. The van der Waals surface area contributed by atoms with Crippen molar-refractivity contribution in [2.24, 2.45) is 0 Å². The van der Waals surface area contributed by atoms with Crippen molar-refractivity contribution >= 4 is 5.91 Å². The standard InChI is InChI=1S/C42H75NO9/c1-6-11-17-25-35(44)38(46)34(43-37(45)26-21-20-24-33-22-18-16-19-23-33)31-51-42-41(50-30-15-10-5)40(49-29-14-9-4)39(48-28-13-8-3)36(52-42)32-47-27-12-7-2/h16,18-19,22-23,34-36,38-42,44,46H,6-15,17,20-21,24-32H2,1-5H3,(H,43,45)/t34-,35+,36?,38-,39?,40?,41?,42?/m0/s1. The number of unbranched alkanes of at least 4 members (excludes halogenated alkanes) is 7. The molecule has 1 aliphatic heterocycles. The molecule has 5 unspecified atom stereocenters. The quantitative estimate of drug-likeness (QED) is 0.0654. The third-order valence-electron chi connectivity index (χ3n) is 9.60. The van der Waals surface area contributed by atoms with Crippen LogP contribution in [0.2, 0.25) is 0 Å². The van der Waals surface area contributed by atoms with E-state index in [0.29, 0.717) is 52.3 Å². The van der Waals surface area contributed by atoms with Crippen LogP contribution in [-0.2, 0) is 39.6 Å². The second-order valence-corrected chi connectivity index (χ2v) is 14.3. The third kappa shape index (κ3) is 18.6. The molecule has 1 aromatic rings. The second kappa shape index (κ2) is 29.7. The van der Waals surface area contributed by atoms with Gasteiger partial charge >= 0.3 is 0 Å². The van der Waals surface area contributed by atoms with Crippen molar-refractivity contribution in [2.45, 2.75) is 186 Å². The van der Waals surface area contributed by atoms with E-state index in [0.717, 1.165) is 83.5 Å². The summed E-state index contributed by atoms with van der Waals surface area (Å²) in [6, 6.07) is 9.39. The lowest BCUT2D eigenvalue weighted by atomic mass is 9.97. The minimum atomic E-state index is -1.22. The van der Waals surface area contributed by atoms with Gasteiger partial charge in [-0.15, -0.1) is 0 Å². The van der Waals surface area contributed by atoms with E-state index in [2.05, 4.69) is 52.1 Å². The van der Waals surface area contributed by atoms with Crippen LogP contribution in [-0.4, -0.2) is 105 Å². The molecule has 1 saturated heterocycles. The molecule has 8 atom stereocenters. The molecule has 302 valence electrons. The smallest absolute Gasteiger partial charge is 0.220 e. The Morgan fingerprint density at radius 2 is 1.31 bits per heavy atom. The largest absolute Gasteiger partial charge is 0.390 e. The van der Waals surface area contributed by atoms with E-state index in [-0.39, 0.29) is 12.5 Å². The minimum absolute atomic E-state index is 0.0769. The molecule has 0 radical (unpaired) electrons. The lowest BCUT2D eigenvalue weighted by molar-refractivity contribution is -0.325. The van der Waals surface area contributed by atoms with Gasteiger partial charge in [0.25, 0.3) is 0 Å². The van der Waals surface area contributed by atoms with Crippen LogP contribution in [0.25, 0.3) is 0 Å². The summed E-state index contributed by atoms with van der Waals surface area (Å²) in [6.45, 7) is 13.1. The number of hydrogen-bond acceptors (Lipinski definition) is 9. The Balaban J connectivity index is 2.28. The Labute approximate surface area is 316 Å². The lowest BCUT2D eigenvalue weighted by Gasteiger charge is -2.46. The Morgan fingerprint density at radius 1 is 0.712 bits per heavy atom. The maximum absolute atomic E-state index is 13.3. The number of aliphatic hydroxyl groups is 2. The molecule has 10 nitrogen and oxygen atoms in total. The maximum atomic E-state index is 13.3. The highest BCUT2D eigenvalue weighted by molar-refractivity contribution is 5.76. The highest BCUT2D eigenvalue weighted by Crippen LogP contribution is 2.30. The zero-order valence-corrected chi connectivity index (χ0v) is 33.3. The average molecular weight is 738 g/mol. The molecule has 0 spiro atoms. The first kappa shape index (κ1) is 46.5. The lowest BCUT2D eigenvalue weighted by Crippen LogP contribution is -2.63. The summed E-state index contributed by atoms with van der Waals surface area (Å²) in [4.78, 5) is 13.3. The molecule has 1 heterocycles. The monoisotopic (exact) mass is 738 g/mol. The number of aliphatic hydroxyl groups excluding tert-OH is 2. The number of benzene rings is 1. The molecule has 0 bridgehead atoms. The molecular weight excluding hydrogens is 662 g/mol. The summed E-state index contributed by atoms with van der Waals surface area (Å²) >= 11 is 0. The van der Waals surface area contributed by atoms with E-state index < -0.39 is 49.0 Å². The van der Waals surface area contributed by atoms with Gasteiger partial charge in [-0.2, -0.15) is 0 Å². The summed E-state index contributed by atoms with van der Waals surface area (Å²) in [5.41, 5.74) is 1.24. The van der Waals surface area contributed by atoms with E-state index in [1.165, 1.54) is 5.56 Å². The molecule has 1 aromatic carbocycles. The Kier molecular flexibility index (Phi) is 26.6. The van der Waals surface area contributed by atoms with Gasteiger partial charge in [-0.25, -0.2) is 0 Å². The zero-order valence-electron chi connectivity index (χ0n) is 33.3. The van der Waals surface area contributed by atoms with Crippen molar-refractivity contribution in [1.29, 1.82) is 0 Å². The summed E-state index contributed by atoms with van der Waals surface area (Å²) in [7, 11) is 0. The normalized spacial score (nSPS) is 22.2. The van der Waals surface area contributed by atoms with Crippen LogP contribution in [0.15, 0.2) is 30.3 Å². The molecule has 1 amide bonds. The molecule has 0 aliphatic carbocycles. The fraction of sp³-hybridized carbons (Fsp3) is 0.833. The van der Waals surface area contributed by atoms with Gasteiger partial charge < -0.3 is 44.0 Å². The van der Waals surface area contributed by atoms with Gasteiger partial charge in [0, 0.05) is 32.8 Å². The number of hydrogen-bond donors (Lipinski definition) is 3. The number of rotatable bonds is 32. The van der Waals surface area contributed by atoms with Crippen LogP contribution >= 0.6 is 0 Å². The molecule has 0 aromatic heterocycles.